The average molecular weight is 1220 g/mol. The normalized spacial score (nSPS) is 10.4. The highest BCUT2D eigenvalue weighted by molar-refractivity contribution is 5.84. The Morgan fingerprint density at radius 1 is 0.116 bits per heavy atom. The van der Waals surface area contributed by atoms with Gasteiger partial charge in [-0.1, -0.05) is 393 Å². The van der Waals surface area contributed by atoms with E-state index in [0.29, 0.717) is 0 Å². The third-order valence-corrected chi connectivity index (χ3v) is 16.9. The number of rotatable bonds is 10. The number of hydrogen-bond donors (Lipinski definition) is 0. The molecule has 0 unspecified atom stereocenters. The molecule has 0 atom stereocenters. The van der Waals surface area contributed by atoms with E-state index >= 15 is 0 Å². The van der Waals surface area contributed by atoms with E-state index in [0.717, 1.165) is 0 Å². The molecule has 0 nitrogen and oxygen atoms in total. The van der Waals surface area contributed by atoms with Crippen molar-refractivity contribution in [1.82, 2.24) is 0 Å². The molecule has 0 aromatic heterocycles. The van der Waals surface area contributed by atoms with Crippen LogP contribution < -0.4 is 0 Å². The molecular formula is C95H80. The molecule has 15 aromatic rings. The first-order valence-electron chi connectivity index (χ1n) is 32.8. The zero-order chi connectivity index (χ0) is 65.4. The fourth-order valence-electron chi connectivity index (χ4n) is 11.7. The van der Waals surface area contributed by atoms with E-state index in [1.165, 1.54) is 139 Å². The summed E-state index contributed by atoms with van der Waals surface area (Å²) in [6.07, 6.45) is 0. The Kier molecular flexibility index (Phi) is 22.5. The summed E-state index contributed by atoms with van der Waals surface area (Å²) in [7, 11) is 0. The molecule has 0 spiro atoms. The van der Waals surface area contributed by atoms with Crippen LogP contribution in [-0.2, 0) is 0 Å². The van der Waals surface area contributed by atoms with Gasteiger partial charge in [-0.3, -0.25) is 0 Å². The van der Waals surface area contributed by atoms with Crippen molar-refractivity contribution in [1.29, 1.82) is 0 Å². The van der Waals surface area contributed by atoms with Gasteiger partial charge in [0.25, 0.3) is 0 Å². The molecule has 0 saturated heterocycles. The van der Waals surface area contributed by atoms with Crippen LogP contribution in [0, 0.1) is 34.6 Å². The van der Waals surface area contributed by atoms with Gasteiger partial charge in [0.05, 0.1) is 0 Å². The Labute approximate surface area is 564 Å². The van der Waals surface area contributed by atoms with Gasteiger partial charge in [0, 0.05) is 0 Å². The first kappa shape index (κ1) is 64.8. The minimum Gasteiger partial charge on any atom is -0.0622 e. The molecule has 0 radical (unpaired) electrons. The molecule has 95 heavy (non-hydrogen) atoms. The maximum Gasteiger partial charge on any atom is -0.0105 e. The molecule has 0 aliphatic heterocycles. The number of aryl methyl sites for hydroxylation is 5. The summed E-state index contributed by atoms with van der Waals surface area (Å²) in [5.41, 5.74) is 32.0. The van der Waals surface area contributed by atoms with E-state index in [4.69, 9.17) is 0 Å². The lowest BCUT2D eigenvalue weighted by atomic mass is 9.94. The fourth-order valence-corrected chi connectivity index (χ4v) is 11.7. The molecule has 15 rings (SSSR count). The highest BCUT2D eigenvalue weighted by atomic mass is 14.1. The van der Waals surface area contributed by atoms with Crippen LogP contribution in [0.4, 0.5) is 0 Å². The first-order valence-corrected chi connectivity index (χ1v) is 32.8. The summed E-state index contributed by atoms with van der Waals surface area (Å²) in [5, 5.41) is 0. The first-order chi connectivity index (χ1) is 46.7. The standard InChI is InChI=1S/5C19H16/c1-15-7-5-10-17(13-15)19-12-6-11-18(14-19)16-8-3-2-4-9-16;1-15-8-5-6-13-19(15)18-12-7-11-17(14-18)16-9-3-2-4-10-16;1-15-7-5-6-10-19(15)18-13-11-17(12-14-18)16-8-3-2-4-9-16;1-15-11-13-17(14-12-15)19-10-6-5-9-18(19)16-7-3-2-4-8-16;1-15-10-12-17(13-11-15)19-9-5-8-18(14-19)16-6-3-2-4-7-16/h5*2-14H,1H3. The monoisotopic (exact) mass is 1220 g/mol. The van der Waals surface area contributed by atoms with Crippen molar-refractivity contribution in [3.63, 3.8) is 0 Å². The predicted octanol–water partition coefficient (Wildman–Crippen LogP) is 26.6. The van der Waals surface area contributed by atoms with Crippen LogP contribution in [0.3, 0.4) is 0 Å². The van der Waals surface area contributed by atoms with Gasteiger partial charge in [0.15, 0.2) is 0 Å². The topological polar surface area (TPSA) is 0 Å². The van der Waals surface area contributed by atoms with Crippen molar-refractivity contribution >= 4 is 0 Å². The molecule has 0 fully saturated rings. The van der Waals surface area contributed by atoms with Crippen LogP contribution in [0.25, 0.3) is 111 Å². The fraction of sp³-hybridized carbons (Fsp3) is 0.0526. The quantitative estimate of drug-likeness (QED) is 0.128. The second-order valence-corrected chi connectivity index (χ2v) is 23.9. The smallest absolute Gasteiger partial charge is 0.0105 e. The van der Waals surface area contributed by atoms with Gasteiger partial charge in [-0.2, -0.15) is 0 Å². The molecule has 0 aliphatic rings. The number of hydrogen-bond acceptors (Lipinski definition) is 0. The molecule has 15 aromatic carbocycles. The molecule has 0 aliphatic carbocycles. The van der Waals surface area contributed by atoms with E-state index in [9.17, 15) is 0 Å². The van der Waals surface area contributed by atoms with E-state index in [-0.39, 0.29) is 0 Å². The Balaban J connectivity index is 0.000000121. The lowest BCUT2D eigenvalue weighted by molar-refractivity contribution is 1.46. The molecule has 0 bridgehead atoms. The van der Waals surface area contributed by atoms with Crippen LogP contribution in [0.2, 0.25) is 0 Å². The maximum absolute atomic E-state index is 2.26. The second-order valence-electron chi connectivity index (χ2n) is 23.9. The van der Waals surface area contributed by atoms with Crippen LogP contribution in [0.1, 0.15) is 27.8 Å². The van der Waals surface area contributed by atoms with Crippen molar-refractivity contribution in [2.24, 2.45) is 0 Å². The summed E-state index contributed by atoms with van der Waals surface area (Å²) in [6.45, 7) is 10.7. The molecule has 460 valence electrons. The number of benzene rings is 15. The third kappa shape index (κ3) is 18.1. The lowest BCUT2D eigenvalue weighted by Gasteiger charge is -2.10. The van der Waals surface area contributed by atoms with Crippen LogP contribution in [-0.4, -0.2) is 0 Å². The summed E-state index contributed by atoms with van der Waals surface area (Å²) >= 11 is 0. The summed E-state index contributed by atoms with van der Waals surface area (Å²) in [5.74, 6) is 0. The molecule has 0 N–H and O–H groups in total. The van der Waals surface area contributed by atoms with E-state index in [2.05, 4.69) is 411 Å². The molecular weight excluding hydrogens is 1140 g/mol. The van der Waals surface area contributed by atoms with Crippen LogP contribution in [0.15, 0.2) is 394 Å². The van der Waals surface area contributed by atoms with Gasteiger partial charge in [0.1, 0.15) is 0 Å². The van der Waals surface area contributed by atoms with Crippen LogP contribution >= 0.6 is 0 Å². The van der Waals surface area contributed by atoms with Gasteiger partial charge in [-0.15, -0.1) is 0 Å². The van der Waals surface area contributed by atoms with Gasteiger partial charge >= 0.3 is 0 Å². The molecule has 0 saturated carbocycles. The minimum absolute atomic E-state index is 1.26. The zero-order valence-corrected chi connectivity index (χ0v) is 55.0. The van der Waals surface area contributed by atoms with Crippen molar-refractivity contribution in [3.8, 4) is 111 Å². The Hall–Kier alpha value is -11.7. The second kappa shape index (κ2) is 33.0. The lowest BCUT2D eigenvalue weighted by Crippen LogP contribution is -1.84. The highest BCUT2D eigenvalue weighted by Crippen LogP contribution is 2.34. The summed E-state index contributed by atoms with van der Waals surface area (Å²) in [6, 6.07) is 139. The predicted molar refractivity (Wildman–Crippen MR) is 410 cm³/mol. The van der Waals surface area contributed by atoms with E-state index < -0.39 is 0 Å². The van der Waals surface area contributed by atoms with Crippen molar-refractivity contribution in [2.45, 2.75) is 34.6 Å². The third-order valence-electron chi connectivity index (χ3n) is 16.9. The van der Waals surface area contributed by atoms with Gasteiger partial charge < -0.3 is 0 Å². The van der Waals surface area contributed by atoms with Crippen molar-refractivity contribution < 1.29 is 0 Å². The minimum atomic E-state index is 1.26. The Bertz CT molecular complexity index is 4800. The highest BCUT2D eigenvalue weighted by Gasteiger charge is 2.09. The average Bonchev–Trinajstić information content (AvgIpc) is 1.37. The summed E-state index contributed by atoms with van der Waals surface area (Å²) in [4.78, 5) is 0. The van der Waals surface area contributed by atoms with Gasteiger partial charge in [-0.05, 0) is 175 Å². The van der Waals surface area contributed by atoms with Crippen molar-refractivity contribution in [3.05, 3.63) is 422 Å². The van der Waals surface area contributed by atoms with Crippen molar-refractivity contribution in [2.75, 3.05) is 0 Å². The van der Waals surface area contributed by atoms with Gasteiger partial charge in [-0.25, -0.2) is 0 Å². The molecule has 0 heterocycles. The van der Waals surface area contributed by atoms with Gasteiger partial charge in [0.2, 0.25) is 0 Å². The largest absolute Gasteiger partial charge is 0.0622 e. The Morgan fingerprint density at radius 3 is 0.716 bits per heavy atom. The molecule has 0 amide bonds. The SMILES string of the molecule is Cc1ccc(-c2cccc(-c3ccccc3)c2)cc1.Cc1ccc(-c2ccccc2-c2ccccc2)cc1.Cc1cccc(-c2cccc(-c3ccccc3)c2)c1.Cc1ccccc1-c1ccc(-c2ccccc2)cc1.Cc1ccccc1-c1cccc(-c2ccccc2)c1. The zero-order valence-electron chi connectivity index (χ0n) is 55.0. The van der Waals surface area contributed by atoms with E-state index in [1.54, 1.807) is 0 Å². The molecule has 0 heteroatoms. The maximum atomic E-state index is 2.26. The Morgan fingerprint density at radius 2 is 0.326 bits per heavy atom. The van der Waals surface area contributed by atoms with Crippen LogP contribution in [0.5, 0.6) is 0 Å². The van der Waals surface area contributed by atoms with E-state index in [1.807, 2.05) is 18.2 Å². The summed E-state index contributed by atoms with van der Waals surface area (Å²) < 4.78 is 0.